The first-order chi connectivity index (χ1) is 18.5. The lowest BCUT2D eigenvalue weighted by atomic mass is 10.0. The summed E-state index contributed by atoms with van der Waals surface area (Å²) in [6.45, 7) is 3.19. The Morgan fingerprint density at radius 2 is 1.69 bits per heavy atom. The van der Waals surface area contributed by atoms with Crippen LogP contribution < -0.4 is 9.62 Å². The van der Waals surface area contributed by atoms with E-state index in [-0.39, 0.29) is 24.2 Å². The van der Waals surface area contributed by atoms with Gasteiger partial charge in [0.15, 0.2) is 0 Å². The van der Waals surface area contributed by atoms with Crippen LogP contribution in [0.2, 0.25) is 5.02 Å². The van der Waals surface area contributed by atoms with Gasteiger partial charge in [0.25, 0.3) is 0 Å². The number of carbonyl (C=O) groups excluding carboxylic acids is 2. The second-order valence-electron chi connectivity index (χ2n) is 9.31. The second-order valence-corrected chi connectivity index (χ2v) is 11.7. The first-order valence-electron chi connectivity index (χ1n) is 12.6. The summed E-state index contributed by atoms with van der Waals surface area (Å²) in [5, 5.41) is 3.27. The minimum Gasteiger partial charge on any atom is -0.354 e. The Balaban J connectivity index is 2.07. The molecule has 3 rings (SSSR count). The van der Waals surface area contributed by atoms with Crippen LogP contribution in [0.3, 0.4) is 0 Å². The van der Waals surface area contributed by atoms with Crippen molar-refractivity contribution in [1.29, 1.82) is 0 Å². The second kappa shape index (κ2) is 13.6. The number of aryl methyl sites for hydroxylation is 1. The molecule has 3 aromatic carbocycles. The summed E-state index contributed by atoms with van der Waals surface area (Å²) in [4.78, 5) is 28.7. The van der Waals surface area contributed by atoms with Gasteiger partial charge in [-0.25, -0.2) is 12.8 Å². The van der Waals surface area contributed by atoms with E-state index in [1.54, 1.807) is 25.1 Å². The highest BCUT2D eigenvalue weighted by Crippen LogP contribution is 2.26. The van der Waals surface area contributed by atoms with E-state index in [0.717, 1.165) is 16.1 Å². The van der Waals surface area contributed by atoms with Gasteiger partial charge < -0.3 is 10.2 Å². The summed E-state index contributed by atoms with van der Waals surface area (Å²) in [6, 6.07) is 18.8. The van der Waals surface area contributed by atoms with E-state index >= 15 is 0 Å². The third-order valence-corrected chi connectivity index (χ3v) is 7.59. The van der Waals surface area contributed by atoms with Gasteiger partial charge in [0.05, 0.1) is 11.9 Å². The Hall–Kier alpha value is -3.43. The van der Waals surface area contributed by atoms with Crippen molar-refractivity contribution in [1.82, 2.24) is 10.2 Å². The van der Waals surface area contributed by atoms with Gasteiger partial charge >= 0.3 is 0 Å². The summed E-state index contributed by atoms with van der Waals surface area (Å²) in [6.07, 6.45) is 1.85. The molecule has 0 aliphatic rings. The molecule has 0 bridgehead atoms. The molecule has 3 aromatic rings. The topological polar surface area (TPSA) is 86.8 Å². The average Bonchev–Trinajstić information content (AvgIpc) is 2.89. The molecule has 10 heteroatoms. The molecular formula is C29H33ClFN3O4S. The van der Waals surface area contributed by atoms with E-state index in [4.69, 9.17) is 11.6 Å². The van der Waals surface area contributed by atoms with Crippen molar-refractivity contribution < 1.29 is 22.4 Å². The summed E-state index contributed by atoms with van der Waals surface area (Å²) in [5.41, 5.74) is 1.86. The zero-order chi connectivity index (χ0) is 28.6. The van der Waals surface area contributed by atoms with Gasteiger partial charge in [-0.15, -0.1) is 0 Å². The lowest BCUT2D eigenvalue weighted by Gasteiger charge is -2.34. The molecule has 0 radical (unpaired) electrons. The van der Waals surface area contributed by atoms with Crippen LogP contribution in [0.25, 0.3) is 0 Å². The van der Waals surface area contributed by atoms with Crippen LogP contribution >= 0.6 is 11.6 Å². The van der Waals surface area contributed by atoms with Crippen molar-refractivity contribution >= 4 is 39.1 Å². The van der Waals surface area contributed by atoms with E-state index in [9.17, 15) is 22.4 Å². The van der Waals surface area contributed by atoms with Crippen molar-refractivity contribution in [3.8, 4) is 0 Å². The van der Waals surface area contributed by atoms with Crippen LogP contribution in [-0.2, 0) is 32.6 Å². The van der Waals surface area contributed by atoms with Crippen LogP contribution in [-0.4, -0.2) is 50.5 Å². The molecule has 2 amide bonds. The number of hydrogen-bond donors (Lipinski definition) is 1. The first-order valence-corrected chi connectivity index (χ1v) is 14.8. The molecule has 0 aromatic heterocycles. The van der Waals surface area contributed by atoms with Crippen molar-refractivity contribution in [3.05, 3.63) is 100 Å². The van der Waals surface area contributed by atoms with Gasteiger partial charge in [-0.3, -0.25) is 13.9 Å². The number of halogens is 2. The van der Waals surface area contributed by atoms with Gasteiger partial charge in [0, 0.05) is 30.1 Å². The van der Waals surface area contributed by atoms with E-state index in [1.807, 2.05) is 37.3 Å². The molecule has 7 nitrogen and oxygen atoms in total. The average molecular weight is 574 g/mol. The fourth-order valence-corrected chi connectivity index (χ4v) is 5.36. The summed E-state index contributed by atoms with van der Waals surface area (Å²) in [7, 11) is -3.91. The Bertz CT molecular complexity index is 1400. The van der Waals surface area contributed by atoms with Gasteiger partial charge in [0.1, 0.15) is 18.4 Å². The van der Waals surface area contributed by atoms with E-state index in [1.165, 1.54) is 29.2 Å². The number of anilines is 1. The molecule has 1 N–H and O–H groups in total. The van der Waals surface area contributed by atoms with E-state index in [0.29, 0.717) is 23.6 Å². The number of sulfonamides is 1. The van der Waals surface area contributed by atoms with Crippen LogP contribution in [0.5, 0.6) is 0 Å². The quantitative estimate of drug-likeness (QED) is 0.340. The van der Waals surface area contributed by atoms with Crippen molar-refractivity contribution in [3.63, 3.8) is 0 Å². The molecule has 0 unspecified atom stereocenters. The Morgan fingerprint density at radius 3 is 2.31 bits per heavy atom. The molecule has 0 heterocycles. The maximum absolute atomic E-state index is 14.8. The summed E-state index contributed by atoms with van der Waals surface area (Å²) < 4.78 is 41.5. The largest absolute Gasteiger partial charge is 0.354 e. The first kappa shape index (κ1) is 30.1. The zero-order valence-electron chi connectivity index (χ0n) is 22.2. The molecule has 208 valence electrons. The van der Waals surface area contributed by atoms with Crippen LogP contribution in [0, 0.1) is 12.7 Å². The zero-order valence-corrected chi connectivity index (χ0v) is 23.8. The number of hydrogen-bond acceptors (Lipinski definition) is 4. The molecule has 0 aliphatic heterocycles. The van der Waals surface area contributed by atoms with Crippen LogP contribution in [0.15, 0.2) is 72.8 Å². The molecule has 39 heavy (non-hydrogen) atoms. The fraction of sp³-hybridized carbons (Fsp3) is 0.310. The SMILES string of the molecule is CCCNC(=O)[C@@H](Cc1ccccc1)N(Cc1ccccc1F)C(=O)CN(c1ccc(Cl)cc1C)S(C)(=O)=O. The highest BCUT2D eigenvalue weighted by Gasteiger charge is 2.33. The number of nitrogens with one attached hydrogen (secondary N) is 1. The number of nitrogens with zero attached hydrogens (tertiary/aromatic N) is 2. The Labute approximate surface area is 234 Å². The van der Waals surface area contributed by atoms with E-state index in [2.05, 4.69) is 5.32 Å². The fourth-order valence-electron chi connectivity index (χ4n) is 4.22. The maximum Gasteiger partial charge on any atom is 0.244 e. The summed E-state index contributed by atoms with van der Waals surface area (Å²) in [5.74, 6) is -1.58. The lowest BCUT2D eigenvalue weighted by molar-refractivity contribution is -0.140. The minimum atomic E-state index is -3.91. The Morgan fingerprint density at radius 1 is 1.03 bits per heavy atom. The maximum atomic E-state index is 14.8. The predicted octanol–water partition coefficient (Wildman–Crippen LogP) is 4.72. The Kier molecular flexibility index (Phi) is 10.5. The van der Waals surface area contributed by atoms with Crippen molar-refractivity contribution in [2.75, 3.05) is 23.7 Å². The molecule has 0 fully saturated rings. The lowest BCUT2D eigenvalue weighted by Crippen LogP contribution is -2.53. The normalized spacial score (nSPS) is 12.0. The number of amides is 2. The van der Waals surface area contributed by atoms with Crippen LogP contribution in [0.1, 0.15) is 30.0 Å². The molecular weight excluding hydrogens is 541 g/mol. The van der Waals surface area contributed by atoms with Gasteiger partial charge in [-0.2, -0.15) is 0 Å². The van der Waals surface area contributed by atoms with Crippen molar-refractivity contribution in [2.45, 2.75) is 39.3 Å². The highest BCUT2D eigenvalue weighted by molar-refractivity contribution is 7.92. The highest BCUT2D eigenvalue weighted by atomic mass is 35.5. The number of rotatable bonds is 12. The van der Waals surface area contributed by atoms with Gasteiger partial charge in [0.2, 0.25) is 21.8 Å². The third kappa shape index (κ3) is 8.28. The monoisotopic (exact) mass is 573 g/mol. The number of benzene rings is 3. The number of carbonyl (C=O) groups is 2. The smallest absolute Gasteiger partial charge is 0.244 e. The molecule has 0 saturated heterocycles. The van der Waals surface area contributed by atoms with E-state index < -0.39 is 40.2 Å². The van der Waals surface area contributed by atoms with Crippen molar-refractivity contribution in [2.24, 2.45) is 0 Å². The van der Waals surface area contributed by atoms with Gasteiger partial charge in [-0.05, 0) is 48.7 Å². The molecule has 0 saturated carbocycles. The third-order valence-electron chi connectivity index (χ3n) is 6.23. The van der Waals surface area contributed by atoms with Crippen LogP contribution in [0.4, 0.5) is 10.1 Å². The van der Waals surface area contributed by atoms with Gasteiger partial charge in [-0.1, -0.05) is 67.1 Å². The molecule has 1 atom stereocenters. The molecule has 0 aliphatic carbocycles. The molecule has 0 spiro atoms. The summed E-state index contributed by atoms with van der Waals surface area (Å²) >= 11 is 6.07. The predicted molar refractivity (Wildman–Crippen MR) is 153 cm³/mol. The minimum absolute atomic E-state index is 0.162. The standard InChI is InChI=1S/C29H33ClFN3O4S/c1-4-16-32-29(36)27(18-22-10-6-5-7-11-22)33(19-23-12-8-9-13-25(23)31)28(35)20-34(39(3,37)38)26-15-14-24(30)17-21(26)2/h5-15,17,27H,4,16,18-20H2,1-3H3,(H,32,36)/t27-/m1/s1.